The van der Waals surface area contributed by atoms with Crippen LogP contribution in [0.25, 0.3) is 10.9 Å². The third-order valence-corrected chi connectivity index (χ3v) is 5.25. The summed E-state index contributed by atoms with van der Waals surface area (Å²) in [5.74, 6) is -1.33. The van der Waals surface area contributed by atoms with Crippen molar-refractivity contribution >= 4 is 28.4 Å². The first-order chi connectivity index (χ1) is 15.0. The molecule has 31 heavy (non-hydrogen) atoms. The van der Waals surface area contributed by atoms with Gasteiger partial charge in [-0.15, -0.1) is 0 Å². The molecular formula is C24H23N5O2. The molecule has 4 aromatic rings. The number of aromatic amines is 1. The van der Waals surface area contributed by atoms with Gasteiger partial charge in [-0.05, 0) is 30.5 Å². The van der Waals surface area contributed by atoms with E-state index in [9.17, 15) is 9.59 Å². The van der Waals surface area contributed by atoms with Crippen LogP contribution in [-0.2, 0) is 22.7 Å². The summed E-state index contributed by atoms with van der Waals surface area (Å²) in [5, 5.41) is 10.4. The summed E-state index contributed by atoms with van der Waals surface area (Å²) in [4.78, 5) is 31.9. The molecule has 2 heterocycles. The minimum Gasteiger partial charge on any atom is -0.326 e. The average Bonchev–Trinajstić information content (AvgIpc) is 3.28. The Labute approximate surface area is 180 Å². The van der Waals surface area contributed by atoms with E-state index in [1.807, 2.05) is 68.4 Å². The molecule has 0 spiro atoms. The molecule has 2 N–H and O–H groups in total. The number of hydrogen-bond donors (Lipinski definition) is 2. The number of fused-ring (bicyclic) bond motifs is 1. The van der Waals surface area contributed by atoms with Gasteiger partial charge in [0.15, 0.2) is 0 Å². The Morgan fingerprint density at radius 2 is 1.71 bits per heavy atom. The topological polar surface area (TPSA) is 91.0 Å². The van der Waals surface area contributed by atoms with Gasteiger partial charge in [0.1, 0.15) is 0 Å². The number of amides is 2. The predicted molar refractivity (Wildman–Crippen MR) is 119 cm³/mol. The highest BCUT2D eigenvalue weighted by Gasteiger charge is 2.24. The first kappa shape index (κ1) is 20.3. The van der Waals surface area contributed by atoms with E-state index in [1.165, 1.54) is 6.20 Å². The molecular weight excluding hydrogens is 390 g/mol. The quantitative estimate of drug-likeness (QED) is 0.488. The maximum absolute atomic E-state index is 13.2. The van der Waals surface area contributed by atoms with Crippen molar-refractivity contribution in [2.75, 3.05) is 5.32 Å². The number of benzene rings is 2. The number of H-pyrrole nitrogens is 1. The van der Waals surface area contributed by atoms with E-state index in [4.69, 9.17) is 0 Å². The third-order valence-electron chi connectivity index (χ3n) is 5.25. The molecule has 4 rings (SSSR count). The summed E-state index contributed by atoms with van der Waals surface area (Å²) >= 11 is 0. The fourth-order valence-electron chi connectivity index (χ4n) is 3.47. The van der Waals surface area contributed by atoms with Crippen LogP contribution in [0.1, 0.15) is 22.4 Å². The van der Waals surface area contributed by atoms with Crippen molar-refractivity contribution in [3.05, 3.63) is 89.4 Å². The first-order valence-corrected chi connectivity index (χ1v) is 10.0. The summed E-state index contributed by atoms with van der Waals surface area (Å²) < 4.78 is 0. The lowest BCUT2D eigenvalue weighted by Gasteiger charge is -2.23. The van der Waals surface area contributed by atoms with Crippen molar-refractivity contribution in [2.24, 2.45) is 0 Å². The zero-order valence-corrected chi connectivity index (χ0v) is 17.4. The Kier molecular flexibility index (Phi) is 5.75. The lowest BCUT2D eigenvalue weighted by atomic mass is 10.1. The number of aryl methyl sites for hydroxylation is 2. The number of rotatable bonds is 5. The number of nitrogens with zero attached hydrogens (tertiary/aromatic N) is 3. The lowest BCUT2D eigenvalue weighted by Crippen LogP contribution is -2.39. The van der Waals surface area contributed by atoms with Crippen LogP contribution in [0.4, 0.5) is 5.69 Å². The molecule has 0 saturated carbocycles. The van der Waals surface area contributed by atoms with E-state index in [0.717, 1.165) is 27.8 Å². The summed E-state index contributed by atoms with van der Waals surface area (Å²) in [6, 6.07) is 17.5. The summed E-state index contributed by atoms with van der Waals surface area (Å²) in [6.45, 7) is 4.51. The number of carbonyl (C=O) groups excluding carboxylic acids is 2. The number of pyridine rings is 1. The molecule has 0 aliphatic rings. The van der Waals surface area contributed by atoms with E-state index in [1.54, 1.807) is 11.1 Å². The van der Waals surface area contributed by atoms with Crippen molar-refractivity contribution in [3.63, 3.8) is 0 Å². The largest absolute Gasteiger partial charge is 0.326 e. The Bertz CT molecular complexity index is 1230. The van der Waals surface area contributed by atoms with Crippen molar-refractivity contribution in [2.45, 2.75) is 26.9 Å². The number of anilines is 1. The monoisotopic (exact) mass is 413 g/mol. The molecule has 0 atom stereocenters. The molecule has 0 aliphatic carbocycles. The third kappa shape index (κ3) is 4.45. The first-order valence-electron chi connectivity index (χ1n) is 10.0. The van der Waals surface area contributed by atoms with Gasteiger partial charge in [-0.2, -0.15) is 5.10 Å². The fourth-order valence-corrected chi connectivity index (χ4v) is 3.47. The Hall–Kier alpha value is -4.00. The van der Waals surface area contributed by atoms with Crippen LogP contribution in [0.3, 0.4) is 0 Å². The highest BCUT2D eigenvalue weighted by atomic mass is 16.2. The van der Waals surface area contributed by atoms with Gasteiger partial charge >= 0.3 is 11.8 Å². The highest BCUT2D eigenvalue weighted by Crippen LogP contribution is 2.22. The van der Waals surface area contributed by atoms with Crippen LogP contribution < -0.4 is 5.32 Å². The van der Waals surface area contributed by atoms with E-state index in [2.05, 4.69) is 20.5 Å². The second-order valence-electron chi connectivity index (χ2n) is 7.44. The molecule has 0 aliphatic heterocycles. The van der Waals surface area contributed by atoms with Crippen LogP contribution in [0, 0.1) is 13.8 Å². The van der Waals surface area contributed by atoms with Crippen LogP contribution in [0.15, 0.2) is 67.0 Å². The van der Waals surface area contributed by atoms with Gasteiger partial charge in [-0.25, -0.2) is 0 Å². The number of hydrogen-bond acceptors (Lipinski definition) is 4. The maximum Gasteiger partial charge on any atom is 0.314 e. The van der Waals surface area contributed by atoms with Gasteiger partial charge in [-0.1, -0.05) is 54.6 Å². The summed E-state index contributed by atoms with van der Waals surface area (Å²) in [7, 11) is 0. The number of nitrogens with one attached hydrogen (secondary N) is 2. The van der Waals surface area contributed by atoms with Crippen LogP contribution in [0.5, 0.6) is 0 Å². The van der Waals surface area contributed by atoms with Gasteiger partial charge in [0.05, 0.1) is 23.6 Å². The standard InChI is InChI=1S/C24H23N5O2/c1-16-8-6-7-11-19(16)15-29(14-18-9-4-3-5-10-18)24(31)23(30)27-21-13-25-17(2)20-12-26-28-22(20)21/h3-13H,14-15H2,1-2H3,(H,26,28)(H,27,30). The molecule has 0 saturated heterocycles. The molecule has 2 aromatic heterocycles. The van der Waals surface area contributed by atoms with Crippen LogP contribution in [0.2, 0.25) is 0 Å². The Morgan fingerprint density at radius 3 is 2.48 bits per heavy atom. The van der Waals surface area contributed by atoms with E-state index >= 15 is 0 Å². The fraction of sp³-hybridized carbons (Fsp3) is 0.167. The number of carbonyl (C=O) groups is 2. The molecule has 0 unspecified atom stereocenters. The van der Waals surface area contributed by atoms with Crippen LogP contribution in [-0.4, -0.2) is 31.9 Å². The van der Waals surface area contributed by atoms with E-state index in [-0.39, 0.29) is 0 Å². The van der Waals surface area contributed by atoms with Crippen molar-refractivity contribution in [3.8, 4) is 0 Å². The molecule has 0 fully saturated rings. The van der Waals surface area contributed by atoms with Gasteiger partial charge in [-0.3, -0.25) is 19.7 Å². The van der Waals surface area contributed by atoms with Gasteiger partial charge < -0.3 is 10.2 Å². The summed E-state index contributed by atoms with van der Waals surface area (Å²) in [5.41, 5.74) is 4.86. The van der Waals surface area contributed by atoms with Crippen molar-refractivity contribution < 1.29 is 9.59 Å². The second kappa shape index (κ2) is 8.79. The van der Waals surface area contributed by atoms with Crippen molar-refractivity contribution in [1.82, 2.24) is 20.1 Å². The van der Waals surface area contributed by atoms with Crippen molar-refractivity contribution in [1.29, 1.82) is 0 Å². The normalized spacial score (nSPS) is 10.8. The minimum atomic E-state index is -0.717. The second-order valence-corrected chi connectivity index (χ2v) is 7.44. The average molecular weight is 413 g/mol. The molecule has 156 valence electrons. The number of aromatic nitrogens is 3. The lowest BCUT2D eigenvalue weighted by molar-refractivity contribution is -0.144. The summed E-state index contributed by atoms with van der Waals surface area (Å²) in [6.07, 6.45) is 3.18. The predicted octanol–water partition coefficient (Wildman–Crippen LogP) is 3.74. The van der Waals surface area contributed by atoms with Gasteiger partial charge in [0.25, 0.3) is 0 Å². The van der Waals surface area contributed by atoms with E-state index < -0.39 is 11.8 Å². The Balaban J connectivity index is 1.59. The SMILES string of the molecule is Cc1ccccc1CN(Cc1ccccc1)C(=O)C(=O)Nc1cnc(C)c2cn[nH]c12. The smallest absolute Gasteiger partial charge is 0.314 e. The van der Waals surface area contributed by atoms with Gasteiger partial charge in [0.2, 0.25) is 0 Å². The molecule has 2 amide bonds. The zero-order chi connectivity index (χ0) is 21.8. The van der Waals surface area contributed by atoms with E-state index in [0.29, 0.717) is 24.3 Å². The molecule has 7 nitrogen and oxygen atoms in total. The highest BCUT2D eigenvalue weighted by molar-refractivity contribution is 6.40. The molecule has 0 radical (unpaired) electrons. The molecule has 7 heteroatoms. The minimum absolute atomic E-state index is 0.326. The molecule has 0 bridgehead atoms. The zero-order valence-electron chi connectivity index (χ0n) is 17.4. The van der Waals surface area contributed by atoms with Gasteiger partial charge in [0, 0.05) is 24.2 Å². The van der Waals surface area contributed by atoms with Crippen LogP contribution >= 0.6 is 0 Å². The maximum atomic E-state index is 13.2. The Morgan fingerprint density at radius 1 is 0.968 bits per heavy atom. The molecule has 2 aromatic carbocycles.